The fraction of sp³-hybridized carbons (Fsp3) is 0.150. The Kier molecular flexibility index (Phi) is 5.77. The van der Waals surface area contributed by atoms with Crippen LogP contribution in [0.5, 0.6) is 11.5 Å². The van der Waals surface area contributed by atoms with E-state index in [-0.39, 0.29) is 5.91 Å². The Balaban J connectivity index is 1.78. The van der Waals surface area contributed by atoms with Gasteiger partial charge in [-0.3, -0.25) is 4.79 Å². The maximum absolute atomic E-state index is 12.1. The maximum Gasteiger partial charge on any atom is 0.270 e. The molecule has 0 atom stereocenters. The molecule has 132 valence electrons. The summed E-state index contributed by atoms with van der Waals surface area (Å²) in [5, 5.41) is 5.92. The molecule has 0 unspecified atom stereocenters. The molecule has 0 saturated carbocycles. The smallest absolute Gasteiger partial charge is 0.270 e. The van der Waals surface area contributed by atoms with Crippen LogP contribution in [0.2, 0.25) is 0 Å². The first-order valence-electron chi connectivity index (χ1n) is 8.46. The summed E-state index contributed by atoms with van der Waals surface area (Å²) in [5.41, 5.74) is 1.03. The van der Waals surface area contributed by atoms with Crippen LogP contribution in [0.4, 0.5) is 11.6 Å². The Morgan fingerprint density at radius 3 is 2.62 bits per heavy atom. The van der Waals surface area contributed by atoms with Gasteiger partial charge < -0.3 is 15.4 Å². The number of nitrogens with zero attached hydrogens (tertiary/aromatic N) is 2. The molecular weight excluding hydrogens is 328 g/mol. The van der Waals surface area contributed by atoms with Crippen molar-refractivity contribution in [2.45, 2.75) is 13.3 Å². The minimum absolute atomic E-state index is 0.217. The quantitative estimate of drug-likeness (QED) is 0.671. The fourth-order valence-electron chi connectivity index (χ4n) is 2.27. The van der Waals surface area contributed by atoms with E-state index in [4.69, 9.17) is 4.74 Å². The number of carbonyl (C=O) groups excluding carboxylic acids is 1. The summed E-state index contributed by atoms with van der Waals surface area (Å²) in [6, 6.07) is 18.6. The third-order valence-corrected chi connectivity index (χ3v) is 3.53. The predicted molar refractivity (Wildman–Crippen MR) is 101 cm³/mol. The fourth-order valence-corrected chi connectivity index (χ4v) is 2.27. The second-order valence-electron chi connectivity index (χ2n) is 5.56. The van der Waals surface area contributed by atoms with Gasteiger partial charge in [0, 0.05) is 12.7 Å². The SMILES string of the molecule is CCCNC(=O)c1ccnc(Nc2ccccc2Oc2ccccc2)n1. The molecule has 2 N–H and O–H groups in total. The van der Waals surface area contributed by atoms with Crippen molar-refractivity contribution in [3.05, 3.63) is 72.6 Å². The third-order valence-electron chi connectivity index (χ3n) is 3.53. The molecule has 0 spiro atoms. The normalized spacial score (nSPS) is 10.2. The molecule has 0 bridgehead atoms. The van der Waals surface area contributed by atoms with Gasteiger partial charge in [-0.05, 0) is 36.8 Å². The molecule has 0 aliphatic carbocycles. The van der Waals surface area contributed by atoms with Gasteiger partial charge in [0.25, 0.3) is 5.91 Å². The van der Waals surface area contributed by atoms with Gasteiger partial charge in [-0.25, -0.2) is 9.97 Å². The van der Waals surface area contributed by atoms with Gasteiger partial charge >= 0.3 is 0 Å². The van der Waals surface area contributed by atoms with Gasteiger partial charge in [-0.1, -0.05) is 37.3 Å². The molecule has 3 rings (SSSR count). The van der Waals surface area contributed by atoms with Gasteiger partial charge in [0.2, 0.25) is 5.95 Å². The average Bonchev–Trinajstić information content (AvgIpc) is 2.69. The second-order valence-corrected chi connectivity index (χ2v) is 5.56. The van der Waals surface area contributed by atoms with Gasteiger partial charge in [0.15, 0.2) is 5.75 Å². The van der Waals surface area contributed by atoms with Gasteiger partial charge in [0.1, 0.15) is 11.4 Å². The molecule has 6 heteroatoms. The zero-order chi connectivity index (χ0) is 18.2. The van der Waals surface area contributed by atoms with E-state index in [1.807, 2.05) is 61.5 Å². The molecule has 1 aromatic heterocycles. The number of hydrogen-bond donors (Lipinski definition) is 2. The van der Waals surface area contributed by atoms with Crippen LogP contribution in [0.15, 0.2) is 66.9 Å². The molecule has 0 aliphatic rings. The number of benzene rings is 2. The highest BCUT2D eigenvalue weighted by molar-refractivity contribution is 5.92. The highest BCUT2D eigenvalue weighted by atomic mass is 16.5. The van der Waals surface area contributed by atoms with E-state index in [1.165, 1.54) is 0 Å². The highest BCUT2D eigenvalue weighted by Crippen LogP contribution is 2.30. The van der Waals surface area contributed by atoms with E-state index in [2.05, 4.69) is 20.6 Å². The lowest BCUT2D eigenvalue weighted by Gasteiger charge is -2.12. The van der Waals surface area contributed by atoms with Crippen LogP contribution in [0, 0.1) is 0 Å². The van der Waals surface area contributed by atoms with Crippen molar-refractivity contribution in [3.8, 4) is 11.5 Å². The minimum atomic E-state index is -0.217. The van der Waals surface area contributed by atoms with Crippen LogP contribution in [-0.2, 0) is 0 Å². The first-order valence-corrected chi connectivity index (χ1v) is 8.46. The zero-order valence-corrected chi connectivity index (χ0v) is 14.5. The van der Waals surface area contributed by atoms with E-state index in [0.717, 1.165) is 12.2 Å². The molecule has 0 fully saturated rings. The highest BCUT2D eigenvalue weighted by Gasteiger charge is 2.10. The standard InChI is InChI=1S/C20H20N4O2/c1-2-13-21-19(25)17-12-14-22-20(24-17)23-16-10-6-7-11-18(16)26-15-8-4-3-5-9-15/h3-12,14H,2,13H2,1H3,(H,21,25)(H,22,23,24). The number of nitrogens with one attached hydrogen (secondary N) is 2. The molecule has 0 saturated heterocycles. The van der Waals surface area contributed by atoms with E-state index >= 15 is 0 Å². The topological polar surface area (TPSA) is 76.1 Å². The molecule has 1 heterocycles. The lowest BCUT2D eigenvalue weighted by atomic mass is 10.3. The molecule has 0 radical (unpaired) electrons. The van der Waals surface area contributed by atoms with E-state index < -0.39 is 0 Å². The largest absolute Gasteiger partial charge is 0.455 e. The Morgan fingerprint density at radius 2 is 1.81 bits per heavy atom. The van der Waals surface area contributed by atoms with E-state index in [9.17, 15) is 4.79 Å². The number of ether oxygens (including phenoxy) is 1. The van der Waals surface area contributed by atoms with E-state index in [0.29, 0.717) is 29.6 Å². The molecule has 6 nitrogen and oxygen atoms in total. The Labute approximate surface area is 152 Å². The molecule has 26 heavy (non-hydrogen) atoms. The van der Waals surface area contributed by atoms with Crippen molar-refractivity contribution < 1.29 is 9.53 Å². The van der Waals surface area contributed by atoms with Crippen molar-refractivity contribution >= 4 is 17.5 Å². The van der Waals surface area contributed by atoms with Crippen LogP contribution < -0.4 is 15.4 Å². The van der Waals surface area contributed by atoms with Crippen LogP contribution in [0.3, 0.4) is 0 Å². The molecule has 1 amide bonds. The molecule has 0 aliphatic heterocycles. The van der Waals surface area contributed by atoms with Gasteiger partial charge in [-0.2, -0.15) is 0 Å². The van der Waals surface area contributed by atoms with Crippen molar-refractivity contribution in [2.75, 3.05) is 11.9 Å². The number of rotatable bonds is 7. The summed E-state index contributed by atoms with van der Waals surface area (Å²) < 4.78 is 5.92. The average molecular weight is 348 g/mol. The Bertz CT molecular complexity index is 868. The molecular formula is C20H20N4O2. The van der Waals surface area contributed by atoms with E-state index in [1.54, 1.807) is 12.3 Å². The summed E-state index contributed by atoms with van der Waals surface area (Å²) in [7, 11) is 0. The first kappa shape index (κ1) is 17.4. The number of aromatic nitrogens is 2. The summed E-state index contributed by atoms with van der Waals surface area (Å²) in [6.07, 6.45) is 2.42. The maximum atomic E-state index is 12.1. The van der Waals surface area contributed by atoms with Crippen LogP contribution in [0.1, 0.15) is 23.8 Å². The Morgan fingerprint density at radius 1 is 1.04 bits per heavy atom. The van der Waals surface area contributed by atoms with Crippen molar-refractivity contribution in [2.24, 2.45) is 0 Å². The summed E-state index contributed by atoms with van der Waals surface area (Å²) in [6.45, 7) is 2.61. The van der Waals surface area contributed by atoms with Crippen molar-refractivity contribution in [1.29, 1.82) is 0 Å². The zero-order valence-electron chi connectivity index (χ0n) is 14.5. The molecule has 2 aromatic carbocycles. The third kappa shape index (κ3) is 4.57. The van der Waals surface area contributed by atoms with Gasteiger partial charge in [-0.15, -0.1) is 0 Å². The van der Waals surface area contributed by atoms with Gasteiger partial charge in [0.05, 0.1) is 5.69 Å². The minimum Gasteiger partial charge on any atom is -0.455 e. The number of anilines is 2. The van der Waals surface area contributed by atoms with Crippen molar-refractivity contribution in [1.82, 2.24) is 15.3 Å². The van der Waals surface area contributed by atoms with Crippen molar-refractivity contribution in [3.63, 3.8) is 0 Å². The lowest BCUT2D eigenvalue weighted by molar-refractivity contribution is 0.0948. The number of para-hydroxylation sites is 3. The number of hydrogen-bond acceptors (Lipinski definition) is 5. The monoisotopic (exact) mass is 348 g/mol. The second kappa shape index (κ2) is 8.62. The van der Waals surface area contributed by atoms with Crippen LogP contribution >= 0.6 is 0 Å². The predicted octanol–water partition coefficient (Wildman–Crippen LogP) is 4.15. The molecule has 3 aromatic rings. The van der Waals surface area contributed by atoms with Crippen LogP contribution in [-0.4, -0.2) is 22.4 Å². The Hall–Kier alpha value is -3.41. The summed E-state index contributed by atoms with van der Waals surface area (Å²) in [5.74, 6) is 1.49. The lowest BCUT2D eigenvalue weighted by Crippen LogP contribution is -2.25. The first-order chi connectivity index (χ1) is 12.8. The van der Waals surface area contributed by atoms with Crippen LogP contribution in [0.25, 0.3) is 0 Å². The number of amides is 1. The summed E-state index contributed by atoms with van der Waals surface area (Å²) in [4.78, 5) is 20.5. The summed E-state index contributed by atoms with van der Waals surface area (Å²) >= 11 is 0. The number of carbonyl (C=O) groups is 1.